The molecule has 0 radical (unpaired) electrons. The van der Waals surface area contributed by atoms with Gasteiger partial charge >= 0.3 is 0 Å². The number of amides is 2. The van der Waals surface area contributed by atoms with Crippen molar-refractivity contribution < 1.29 is 19.1 Å². The molecule has 136 valence electrons. The lowest BCUT2D eigenvalue weighted by atomic mass is 9.90. The van der Waals surface area contributed by atoms with Gasteiger partial charge in [0.15, 0.2) is 11.5 Å². The van der Waals surface area contributed by atoms with E-state index < -0.39 is 6.04 Å². The zero-order valence-corrected chi connectivity index (χ0v) is 14.7. The Morgan fingerprint density at radius 3 is 2.56 bits per heavy atom. The van der Waals surface area contributed by atoms with E-state index >= 15 is 0 Å². The summed E-state index contributed by atoms with van der Waals surface area (Å²) in [5.41, 5.74) is 6.22. The van der Waals surface area contributed by atoms with Crippen molar-refractivity contribution in [3.8, 4) is 11.5 Å². The van der Waals surface area contributed by atoms with Gasteiger partial charge in [-0.15, -0.1) is 0 Å². The second kappa shape index (κ2) is 7.31. The minimum Gasteiger partial charge on any atom is -0.454 e. The van der Waals surface area contributed by atoms with Crippen molar-refractivity contribution in [2.24, 2.45) is 11.7 Å². The minimum absolute atomic E-state index is 0.00417. The van der Waals surface area contributed by atoms with Gasteiger partial charge in [-0.3, -0.25) is 9.59 Å². The van der Waals surface area contributed by atoms with E-state index in [1.54, 1.807) is 25.1 Å². The summed E-state index contributed by atoms with van der Waals surface area (Å²) in [7, 11) is 0. The maximum Gasteiger partial charge on any atom is 0.251 e. The van der Waals surface area contributed by atoms with E-state index in [0.29, 0.717) is 36.1 Å². The summed E-state index contributed by atoms with van der Waals surface area (Å²) in [5.74, 6) is 1.48. The fraction of sp³-hybridized carbons (Fsp3) is 0.556. The predicted octanol–water partition coefficient (Wildman–Crippen LogP) is 1.12. The summed E-state index contributed by atoms with van der Waals surface area (Å²) < 4.78 is 10.6. The molecular weight excluding hydrogens is 322 g/mol. The largest absolute Gasteiger partial charge is 0.454 e. The quantitative estimate of drug-likeness (QED) is 0.851. The van der Waals surface area contributed by atoms with Crippen LogP contribution in [0.15, 0.2) is 18.2 Å². The van der Waals surface area contributed by atoms with Crippen LogP contribution in [0.4, 0.5) is 0 Å². The average molecular weight is 347 g/mol. The van der Waals surface area contributed by atoms with E-state index in [-0.39, 0.29) is 24.6 Å². The van der Waals surface area contributed by atoms with Gasteiger partial charge in [-0.2, -0.15) is 0 Å². The van der Waals surface area contributed by atoms with Gasteiger partial charge in [-0.1, -0.05) is 0 Å². The van der Waals surface area contributed by atoms with Gasteiger partial charge < -0.3 is 25.4 Å². The lowest BCUT2D eigenvalue weighted by Crippen LogP contribution is -2.49. The zero-order chi connectivity index (χ0) is 18.0. The first-order chi connectivity index (χ1) is 12.0. The van der Waals surface area contributed by atoms with Gasteiger partial charge in [0.05, 0.1) is 6.04 Å². The smallest absolute Gasteiger partial charge is 0.251 e. The van der Waals surface area contributed by atoms with Gasteiger partial charge in [-0.25, -0.2) is 0 Å². The number of fused-ring (bicyclic) bond motifs is 1. The van der Waals surface area contributed by atoms with Crippen molar-refractivity contribution in [2.75, 3.05) is 19.9 Å². The van der Waals surface area contributed by atoms with E-state index in [9.17, 15) is 9.59 Å². The van der Waals surface area contributed by atoms with E-state index in [1.807, 2.05) is 11.8 Å². The van der Waals surface area contributed by atoms with Gasteiger partial charge in [0.25, 0.3) is 5.91 Å². The normalized spacial score (nSPS) is 19.4. The lowest BCUT2D eigenvalue weighted by Gasteiger charge is -2.35. The molecule has 2 heterocycles. The zero-order valence-electron chi connectivity index (χ0n) is 14.7. The fourth-order valence-electron chi connectivity index (χ4n) is 3.35. The molecule has 1 aromatic rings. The Bertz CT molecular complexity index is 654. The Kier molecular flexibility index (Phi) is 5.13. The van der Waals surface area contributed by atoms with Crippen molar-refractivity contribution in [3.05, 3.63) is 23.8 Å². The van der Waals surface area contributed by atoms with Crippen LogP contribution in [0.2, 0.25) is 0 Å². The monoisotopic (exact) mass is 347 g/mol. The number of nitrogens with one attached hydrogen (secondary N) is 1. The standard InChI is InChI=1S/C18H25N3O4/c1-11(19)18(23)21-7-5-13(6-8-21)12(2)20-17(22)14-3-4-15-16(9-14)25-10-24-15/h3-4,9,11-13H,5-8,10,19H2,1-2H3,(H,20,22). The van der Waals surface area contributed by atoms with Crippen LogP contribution in [0.25, 0.3) is 0 Å². The van der Waals surface area contributed by atoms with Crippen molar-refractivity contribution in [2.45, 2.75) is 38.8 Å². The first-order valence-electron chi connectivity index (χ1n) is 8.70. The number of nitrogens with zero attached hydrogens (tertiary/aromatic N) is 1. The summed E-state index contributed by atoms with van der Waals surface area (Å²) in [4.78, 5) is 26.2. The fourth-order valence-corrected chi connectivity index (χ4v) is 3.35. The number of hydrogen-bond donors (Lipinski definition) is 2. The predicted molar refractivity (Wildman–Crippen MR) is 92.4 cm³/mol. The molecule has 7 nitrogen and oxygen atoms in total. The SMILES string of the molecule is CC(N)C(=O)N1CCC(C(C)NC(=O)c2ccc3c(c2)OCO3)CC1. The van der Waals surface area contributed by atoms with Gasteiger partial charge in [-0.05, 0) is 50.8 Å². The second-order valence-corrected chi connectivity index (χ2v) is 6.78. The molecule has 0 aromatic heterocycles. The van der Waals surface area contributed by atoms with Crippen LogP contribution in [0.3, 0.4) is 0 Å². The molecule has 2 aliphatic rings. The van der Waals surface area contributed by atoms with Crippen LogP contribution >= 0.6 is 0 Å². The first-order valence-corrected chi connectivity index (χ1v) is 8.70. The molecule has 3 N–H and O–H groups in total. The van der Waals surface area contributed by atoms with Crippen molar-refractivity contribution in [1.82, 2.24) is 10.2 Å². The van der Waals surface area contributed by atoms with Crippen LogP contribution in [0.5, 0.6) is 11.5 Å². The van der Waals surface area contributed by atoms with E-state index in [4.69, 9.17) is 15.2 Å². The van der Waals surface area contributed by atoms with Crippen LogP contribution in [-0.2, 0) is 4.79 Å². The van der Waals surface area contributed by atoms with Gasteiger partial charge in [0, 0.05) is 24.7 Å². The number of carbonyl (C=O) groups is 2. The molecule has 2 unspecified atom stereocenters. The maximum absolute atomic E-state index is 12.5. The summed E-state index contributed by atoms with van der Waals surface area (Å²) in [5, 5.41) is 3.06. The summed E-state index contributed by atoms with van der Waals surface area (Å²) >= 11 is 0. The Labute approximate surface area is 147 Å². The van der Waals surface area contributed by atoms with Crippen LogP contribution < -0.4 is 20.5 Å². The van der Waals surface area contributed by atoms with Crippen molar-refractivity contribution in [1.29, 1.82) is 0 Å². The van der Waals surface area contributed by atoms with Crippen LogP contribution in [-0.4, -0.2) is 48.7 Å². The van der Waals surface area contributed by atoms with Crippen molar-refractivity contribution in [3.63, 3.8) is 0 Å². The van der Waals surface area contributed by atoms with Crippen molar-refractivity contribution >= 4 is 11.8 Å². The molecule has 25 heavy (non-hydrogen) atoms. The molecule has 2 aliphatic heterocycles. The Morgan fingerprint density at radius 1 is 1.20 bits per heavy atom. The molecule has 2 atom stereocenters. The number of likely N-dealkylation sites (tertiary alicyclic amines) is 1. The third-order valence-corrected chi connectivity index (χ3v) is 4.94. The summed E-state index contributed by atoms with van der Waals surface area (Å²) in [6.45, 7) is 5.29. The van der Waals surface area contributed by atoms with Gasteiger partial charge in [0.1, 0.15) is 0 Å². The van der Waals surface area contributed by atoms with E-state index in [2.05, 4.69) is 5.32 Å². The molecule has 3 rings (SSSR count). The molecular formula is C18H25N3O4. The highest BCUT2D eigenvalue weighted by Gasteiger charge is 2.28. The number of piperidine rings is 1. The molecule has 0 spiro atoms. The molecule has 1 fully saturated rings. The summed E-state index contributed by atoms with van der Waals surface area (Å²) in [6, 6.07) is 4.76. The van der Waals surface area contributed by atoms with E-state index in [0.717, 1.165) is 12.8 Å². The highest BCUT2D eigenvalue weighted by Crippen LogP contribution is 2.32. The lowest BCUT2D eigenvalue weighted by molar-refractivity contribution is -0.133. The van der Waals surface area contributed by atoms with E-state index in [1.165, 1.54) is 0 Å². The third-order valence-electron chi connectivity index (χ3n) is 4.94. The topological polar surface area (TPSA) is 93.9 Å². The van der Waals surface area contributed by atoms with Crippen LogP contribution in [0.1, 0.15) is 37.0 Å². The Morgan fingerprint density at radius 2 is 1.88 bits per heavy atom. The highest BCUT2D eigenvalue weighted by molar-refractivity contribution is 5.95. The Hall–Kier alpha value is -2.28. The molecule has 0 aliphatic carbocycles. The first kappa shape index (κ1) is 17.5. The third kappa shape index (κ3) is 3.87. The number of hydrogen-bond acceptors (Lipinski definition) is 5. The second-order valence-electron chi connectivity index (χ2n) is 6.78. The highest BCUT2D eigenvalue weighted by atomic mass is 16.7. The molecule has 2 amide bonds. The molecule has 0 bridgehead atoms. The number of ether oxygens (including phenoxy) is 2. The minimum atomic E-state index is -0.459. The molecule has 0 saturated carbocycles. The molecule has 7 heteroatoms. The number of benzene rings is 1. The van der Waals surface area contributed by atoms with Gasteiger partial charge in [0.2, 0.25) is 12.7 Å². The van der Waals surface area contributed by atoms with Crippen LogP contribution in [0, 0.1) is 5.92 Å². The molecule has 1 aromatic carbocycles. The number of rotatable bonds is 4. The number of nitrogens with two attached hydrogens (primary N) is 1. The molecule has 1 saturated heterocycles. The summed E-state index contributed by atoms with van der Waals surface area (Å²) in [6.07, 6.45) is 1.72. The average Bonchev–Trinajstić information content (AvgIpc) is 3.08. The maximum atomic E-state index is 12.5. The number of carbonyl (C=O) groups excluding carboxylic acids is 2. The Balaban J connectivity index is 1.53.